The zero-order valence-corrected chi connectivity index (χ0v) is 12.9. The Morgan fingerprint density at radius 2 is 2.15 bits per heavy atom. The maximum atomic E-state index is 12.6. The van der Waals surface area contributed by atoms with E-state index in [0.717, 1.165) is 12.8 Å². The quantitative estimate of drug-likeness (QED) is 0.913. The van der Waals surface area contributed by atoms with Crippen LogP contribution in [0.2, 0.25) is 0 Å². The van der Waals surface area contributed by atoms with Crippen LogP contribution in [0.15, 0.2) is 22.7 Å². The predicted octanol–water partition coefficient (Wildman–Crippen LogP) is 1.94. The molecule has 0 saturated carbocycles. The third-order valence-electron chi connectivity index (χ3n) is 3.50. The predicted molar refractivity (Wildman–Crippen MR) is 78.6 cm³/mol. The number of likely N-dealkylation sites (tertiary alicyclic amines) is 1. The van der Waals surface area contributed by atoms with Crippen LogP contribution in [-0.4, -0.2) is 36.4 Å². The second-order valence-corrected chi connectivity index (χ2v) is 5.61. The highest BCUT2D eigenvalue weighted by molar-refractivity contribution is 9.10. The number of hydrogen-bond acceptors (Lipinski definition) is 3. The number of rotatable bonds is 3. The summed E-state index contributed by atoms with van der Waals surface area (Å²) in [6, 6.07) is 4.67. The number of nitrogens with zero attached hydrogens (tertiary/aromatic N) is 1. The summed E-state index contributed by atoms with van der Waals surface area (Å²) in [6.45, 7) is 0.552. The van der Waals surface area contributed by atoms with Gasteiger partial charge in [-0.2, -0.15) is 0 Å². The molecule has 0 spiro atoms. The van der Waals surface area contributed by atoms with Gasteiger partial charge in [0.05, 0.1) is 12.7 Å². The first-order chi connectivity index (χ1) is 9.54. The van der Waals surface area contributed by atoms with Crippen molar-refractivity contribution >= 4 is 27.7 Å². The third-order valence-corrected chi connectivity index (χ3v) is 4.19. The number of methoxy groups -OCH3 is 1. The van der Waals surface area contributed by atoms with E-state index in [4.69, 9.17) is 10.5 Å². The number of ether oxygens (including phenoxy) is 1. The maximum absolute atomic E-state index is 12.6. The highest BCUT2D eigenvalue weighted by Gasteiger charge is 2.32. The molecule has 1 unspecified atom stereocenters. The summed E-state index contributed by atoms with van der Waals surface area (Å²) < 4.78 is 5.82. The van der Waals surface area contributed by atoms with Gasteiger partial charge >= 0.3 is 0 Å². The third kappa shape index (κ3) is 2.95. The number of benzene rings is 1. The normalized spacial score (nSPS) is 18.7. The SMILES string of the molecule is COc1ccc(Br)c(C(=O)N2CCCCC2C(N)=O)c1. The minimum Gasteiger partial charge on any atom is -0.497 e. The lowest BCUT2D eigenvalue weighted by atomic mass is 10.0. The minimum absolute atomic E-state index is 0.195. The van der Waals surface area contributed by atoms with Crippen LogP contribution >= 0.6 is 15.9 Å². The molecule has 0 aromatic heterocycles. The molecule has 5 nitrogen and oxygen atoms in total. The van der Waals surface area contributed by atoms with Crippen LogP contribution in [-0.2, 0) is 4.79 Å². The van der Waals surface area contributed by atoms with Gasteiger partial charge in [-0.25, -0.2) is 0 Å². The molecule has 1 aromatic rings. The summed E-state index contributed by atoms with van der Waals surface area (Å²) in [5, 5.41) is 0. The van der Waals surface area contributed by atoms with Crippen LogP contribution in [0, 0.1) is 0 Å². The zero-order valence-electron chi connectivity index (χ0n) is 11.3. The molecule has 1 saturated heterocycles. The molecule has 1 fully saturated rings. The molecule has 0 bridgehead atoms. The fraction of sp³-hybridized carbons (Fsp3) is 0.429. The van der Waals surface area contributed by atoms with E-state index in [1.807, 2.05) is 0 Å². The number of carbonyl (C=O) groups excluding carboxylic acids is 2. The van der Waals surface area contributed by atoms with Crippen LogP contribution < -0.4 is 10.5 Å². The number of carbonyl (C=O) groups is 2. The van der Waals surface area contributed by atoms with E-state index in [-0.39, 0.29) is 5.91 Å². The molecule has 0 radical (unpaired) electrons. The van der Waals surface area contributed by atoms with Crippen molar-refractivity contribution in [2.45, 2.75) is 25.3 Å². The van der Waals surface area contributed by atoms with Crippen LogP contribution in [0.5, 0.6) is 5.75 Å². The van der Waals surface area contributed by atoms with E-state index in [2.05, 4.69) is 15.9 Å². The van der Waals surface area contributed by atoms with Gasteiger partial charge in [-0.05, 0) is 53.4 Å². The maximum Gasteiger partial charge on any atom is 0.255 e. The number of hydrogen-bond donors (Lipinski definition) is 1. The largest absolute Gasteiger partial charge is 0.497 e. The molecule has 2 amide bonds. The molecular formula is C14H17BrN2O3. The Hall–Kier alpha value is -1.56. The Kier molecular flexibility index (Phi) is 4.65. The number of nitrogens with two attached hydrogens (primary N) is 1. The fourth-order valence-electron chi connectivity index (χ4n) is 2.42. The van der Waals surface area contributed by atoms with Crippen molar-refractivity contribution < 1.29 is 14.3 Å². The Bertz CT molecular complexity index is 533. The lowest BCUT2D eigenvalue weighted by molar-refractivity contribution is -0.123. The molecule has 2 rings (SSSR count). The van der Waals surface area contributed by atoms with E-state index in [1.54, 1.807) is 30.2 Å². The Morgan fingerprint density at radius 3 is 2.80 bits per heavy atom. The minimum atomic E-state index is -0.519. The highest BCUT2D eigenvalue weighted by Crippen LogP contribution is 2.26. The topological polar surface area (TPSA) is 72.6 Å². The van der Waals surface area contributed by atoms with E-state index < -0.39 is 11.9 Å². The number of piperidine rings is 1. The van der Waals surface area contributed by atoms with Gasteiger partial charge in [-0.3, -0.25) is 9.59 Å². The summed E-state index contributed by atoms with van der Waals surface area (Å²) in [4.78, 5) is 25.7. The van der Waals surface area contributed by atoms with Crippen LogP contribution in [0.4, 0.5) is 0 Å². The molecule has 1 aliphatic rings. The zero-order chi connectivity index (χ0) is 14.7. The van der Waals surface area contributed by atoms with Crippen molar-refractivity contribution in [2.75, 3.05) is 13.7 Å². The monoisotopic (exact) mass is 340 g/mol. The van der Waals surface area contributed by atoms with E-state index >= 15 is 0 Å². The van der Waals surface area contributed by atoms with Gasteiger partial charge in [0, 0.05) is 11.0 Å². The lowest BCUT2D eigenvalue weighted by Gasteiger charge is -2.34. The average Bonchev–Trinajstić information content (AvgIpc) is 2.47. The van der Waals surface area contributed by atoms with Gasteiger partial charge in [-0.15, -0.1) is 0 Å². The molecule has 1 atom stereocenters. The molecular weight excluding hydrogens is 324 g/mol. The van der Waals surface area contributed by atoms with E-state index in [9.17, 15) is 9.59 Å². The van der Waals surface area contributed by atoms with E-state index in [0.29, 0.717) is 28.8 Å². The first kappa shape index (κ1) is 14.8. The Labute approximate surface area is 126 Å². The molecule has 108 valence electrons. The summed E-state index contributed by atoms with van der Waals surface area (Å²) in [7, 11) is 1.55. The first-order valence-corrected chi connectivity index (χ1v) is 7.27. The number of primary amides is 1. The first-order valence-electron chi connectivity index (χ1n) is 6.48. The second-order valence-electron chi connectivity index (χ2n) is 4.76. The van der Waals surface area contributed by atoms with Crippen molar-refractivity contribution in [3.8, 4) is 5.75 Å². The summed E-state index contributed by atoms with van der Waals surface area (Å²) >= 11 is 3.36. The molecule has 20 heavy (non-hydrogen) atoms. The van der Waals surface area contributed by atoms with Crippen molar-refractivity contribution in [1.82, 2.24) is 4.90 Å². The second kappa shape index (κ2) is 6.26. The molecule has 6 heteroatoms. The van der Waals surface area contributed by atoms with Crippen LogP contribution in [0.3, 0.4) is 0 Å². The van der Waals surface area contributed by atoms with Crippen molar-refractivity contribution in [2.24, 2.45) is 5.73 Å². The summed E-state index contributed by atoms with van der Waals surface area (Å²) in [5.41, 5.74) is 5.88. The van der Waals surface area contributed by atoms with Gasteiger partial charge in [-0.1, -0.05) is 0 Å². The molecule has 2 N–H and O–H groups in total. The summed E-state index contributed by atoms with van der Waals surface area (Å²) in [6.07, 6.45) is 2.43. The lowest BCUT2D eigenvalue weighted by Crippen LogP contribution is -2.50. The van der Waals surface area contributed by atoms with Crippen LogP contribution in [0.1, 0.15) is 29.6 Å². The highest BCUT2D eigenvalue weighted by atomic mass is 79.9. The molecule has 1 aromatic carbocycles. The standard InChI is InChI=1S/C14H17BrN2O3/c1-20-9-5-6-11(15)10(8-9)14(19)17-7-3-2-4-12(17)13(16)18/h5-6,8,12H,2-4,7H2,1H3,(H2,16,18). The van der Waals surface area contributed by atoms with Gasteiger partial charge in [0.15, 0.2) is 0 Å². The van der Waals surface area contributed by atoms with Gasteiger partial charge in [0.2, 0.25) is 5.91 Å². The smallest absolute Gasteiger partial charge is 0.255 e. The van der Waals surface area contributed by atoms with Crippen molar-refractivity contribution in [1.29, 1.82) is 0 Å². The van der Waals surface area contributed by atoms with Crippen molar-refractivity contribution in [3.63, 3.8) is 0 Å². The van der Waals surface area contributed by atoms with Gasteiger partial charge in [0.25, 0.3) is 5.91 Å². The Morgan fingerprint density at radius 1 is 1.40 bits per heavy atom. The number of amides is 2. The molecule has 1 heterocycles. The van der Waals surface area contributed by atoms with Gasteiger partial charge < -0.3 is 15.4 Å². The van der Waals surface area contributed by atoms with Crippen LogP contribution in [0.25, 0.3) is 0 Å². The Balaban J connectivity index is 2.31. The van der Waals surface area contributed by atoms with E-state index in [1.165, 1.54) is 0 Å². The molecule has 1 aliphatic heterocycles. The molecule has 0 aliphatic carbocycles. The number of halogens is 1. The average molecular weight is 341 g/mol. The van der Waals surface area contributed by atoms with Gasteiger partial charge in [0.1, 0.15) is 11.8 Å². The fourth-order valence-corrected chi connectivity index (χ4v) is 2.84. The summed E-state index contributed by atoms with van der Waals surface area (Å²) in [5.74, 6) is -0.0412. The van der Waals surface area contributed by atoms with Crippen molar-refractivity contribution in [3.05, 3.63) is 28.2 Å².